The topological polar surface area (TPSA) is 66.5 Å². The zero-order chi connectivity index (χ0) is 24.9. The van der Waals surface area contributed by atoms with Crippen LogP contribution >= 0.6 is 0 Å². The standard InChI is InChI=1S/C31H22N2O3/c1-35-31(34)25(21-32)18-22-12-13-24-20-30(36-29(24)19-22)23-14-16-28(17-15-23)33(26-8-4-2-5-9-26)27-10-6-3-7-11-27/h2-20H,1H3/b25-18+. The van der Waals surface area contributed by atoms with Crippen LogP contribution in [0, 0.1) is 11.3 Å². The second-order valence-electron chi connectivity index (χ2n) is 8.12. The van der Waals surface area contributed by atoms with Crippen LogP contribution in [0.15, 0.2) is 119 Å². The minimum atomic E-state index is -0.669. The highest BCUT2D eigenvalue weighted by molar-refractivity contribution is 5.98. The van der Waals surface area contributed by atoms with Gasteiger partial charge in [-0.1, -0.05) is 48.5 Å². The van der Waals surface area contributed by atoms with Crippen LogP contribution in [-0.2, 0) is 9.53 Å². The van der Waals surface area contributed by atoms with Crippen molar-refractivity contribution in [2.24, 2.45) is 0 Å². The molecule has 0 fully saturated rings. The van der Waals surface area contributed by atoms with E-state index in [2.05, 4.69) is 46.0 Å². The van der Waals surface area contributed by atoms with Crippen LogP contribution in [0.3, 0.4) is 0 Å². The molecule has 174 valence electrons. The third-order valence-electron chi connectivity index (χ3n) is 5.82. The number of carbonyl (C=O) groups excluding carboxylic acids is 1. The first-order valence-electron chi connectivity index (χ1n) is 11.4. The molecule has 0 saturated carbocycles. The van der Waals surface area contributed by atoms with Crippen molar-refractivity contribution in [3.63, 3.8) is 0 Å². The fraction of sp³-hybridized carbons (Fsp3) is 0.0323. The van der Waals surface area contributed by atoms with E-state index in [4.69, 9.17) is 4.42 Å². The van der Waals surface area contributed by atoms with E-state index in [1.54, 1.807) is 6.07 Å². The number of ether oxygens (including phenoxy) is 1. The van der Waals surface area contributed by atoms with Gasteiger partial charge in [-0.25, -0.2) is 4.79 Å². The second kappa shape index (κ2) is 10.0. The predicted molar refractivity (Wildman–Crippen MR) is 142 cm³/mol. The predicted octanol–water partition coefficient (Wildman–Crippen LogP) is 7.65. The largest absolute Gasteiger partial charge is 0.465 e. The van der Waals surface area contributed by atoms with Gasteiger partial charge in [0.15, 0.2) is 0 Å². The van der Waals surface area contributed by atoms with E-state index in [1.807, 2.05) is 72.8 Å². The van der Waals surface area contributed by atoms with Gasteiger partial charge in [-0.05, 0) is 72.3 Å². The van der Waals surface area contributed by atoms with Gasteiger partial charge in [0.25, 0.3) is 0 Å². The minimum Gasteiger partial charge on any atom is -0.465 e. The van der Waals surface area contributed by atoms with Crippen LogP contribution in [0.2, 0.25) is 0 Å². The van der Waals surface area contributed by atoms with Crippen molar-refractivity contribution < 1.29 is 13.9 Å². The number of anilines is 3. The van der Waals surface area contributed by atoms with Gasteiger partial charge in [0.2, 0.25) is 0 Å². The Morgan fingerprint density at radius 3 is 2.03 bits per heavy atom. The van der Waals surface area contributed by atoms with Gasteiger partial charge < -0.3 is 14.1 Å². The molecule has 0 aliphatic rings. The van der Waals surface area contributed by atoms with Gasteiger partial charge in [0, 0.05) is 28.0 Å². The normalized spacial score (nSPS) is 11.2. The van der Waals surface area contributed by atoms with Crippen molar-refractivity contribution in [3.8, 4) is 17.4 Å². The number of esters is 1. The Hall–Kier alpha value is -5.08. The third-order valence-corrected chi connectivity index (χ3v) is 5.82. The van der Waals surface area contributed by atoms with E-state index >= 15 is 0 Å². The molecular weight excluding hydrogens is 448 g/mol. The van der Waals surface area contributed by atoms with Gasteiger partial charge in [0.05, 0.1) is 7.11 Å². The van der Waals surface area contributed by atoms with Gasteiger partial charge in [-0.2, -0.15) is 5.26 Å². The Balaban J connectivity index is 1.47. The molecule has 0 unspecified atom stereocenters. The Bertz CT molecular complexity index is 1540. The molecule has 0 aliphatic heterocycles. The molecule has 0 amide bonds. The maximum Gasteiger partial charge on any atom is 0.348 e. The number of benzene rings is 4. The summed E-state index contributed by atoms with van der Waals surface area (Å²) in [6.45, 7) is 0. The fourth-order valence-corrected chi connectivity index (χ4v) is 4.07. The molecule has 1 aromatic heterocycles. The van der Waals surface area contributed by atoms with Crippen LogP contribution in [0.5, 0.6) is 0 Å². The Kier molecular flexibility index (Phi) is 6.33. The lowest BCUT2D eigenvalue weighted by molar-refractivity contribution is -0.135. The average molecular weight is 471 g/mol. The summed E-state index contributed by atoms with van der Waals surface area (Å²) >= 11 is 0. The van der Waals surface area contributed by atoms with Crippen LogP contribution in [0.25, 0.3) is 28.4 Å². The monoisotopic (exact) mass is 470 g/mol. The number of methoxy groups -OCH3 is 1. The van der Waals surface area contributed by atoms with Crippen LogP contribution in [0.4, 0.5) is 17.1 Å². The lowest BCUT2D eigenvalue weighted by atomic mass is 10.1. The molecule has 5 rings (SSSR count). The number of nitriles is 1. The Morgan fingerprint density at radius 1 is 0.833 bits per heavy atom. The van der Waals surface area contributed by atoms with Crippen LogP contribution in [-0.4, -0.2) is 13.1 Å². The van der Waals surface area contributed by atoms with E-state index in [0.717, 1.165) is 33.8 Å². The van der Waals surface area contributed by atoms with Gasteiger partial charge in [-0.15, -0.1) is 0 Å². The van der Waals surface area contributed by atoms with E-state index in [1.165, 1.54) is 13.2 Å². The molecule has 0 radical (unpaired) electrons. The smallest absolute Gasteiger partial charge is 0.348 e. The van der Waals surface area contributed by atoms with Crippen molar-refractivity contribution in [1.29, 1.82) is 5.26 Å². The second-order valence-corrected chi connectivity index (χ2v) is 8.12. The number of furan rings is 1. The zero-order valence-electron chi connectivity index (χ0n) is 19.6. The maximum absolute atomic E-state index is 11.7. The molecule has 5 heteroatoms. The zero-order valence-corrected chi connectivity index (χ0v) is 19.6. The number of rotatable bonds is 6. The average Bonchev–Trinajstić information content (AvgIpc) is 3.36. The number of para-hydroxylation sites is 2. The number of fused-ring (bicyclic) bond motifs is 1. The molecule has 0 aliphatic carbocycles. The first-order valence-corrected chi connectivity index (χ1v) is 11.4. The minimum absolute atomic E-state index is 0.0689. The first kappa shape index (κ1) is 22.7. The van der Waals surface area contributed by atoms with E-state index in [9.17, 15) is 10.1 Å². The van der Waals surface area contributed by atoms with Crippen molar-refractivity contribution in [3.05, 3.63) is 120 Å². The third kappa shape index (κ3) is 4.61. The van der Waals surface area contributed by atoms with Crippen molar-refractivity contribution in [2.75, 3.05) is 12.0 Å². The van der Waals surface area contributed by atoms with E-state index in [-0.39, 0.29) is 5.57 Å². The highest BCUT2D eigenvalue weighted by Gasteiger charge is 2.14. The van der Waals surface area contributed by atoms with Gasteiger partial charge >= 0.3 is 5.97 Å². The molecule has 4 aromatic carbocycles. The summed E-state index contributed by atoms with van der Waals surface area (Å²) in [5.74, 6) is 0.0648. The van der Waals surface area contributed by atoms with Crippen LogP contribution in [0.1, 0.15) is 5.56 Å². The van der Waals surface area contributed by atoms with E-state index in [0.29, 0.717) is 11.1 Å². The molecule has 5 nitrogen and oxygen atoms in total. The van der Waals surface area contributed by atoms with Crippen molar-refractivity contribution in [1.82, 2.24) is 0 Å². The summed E-state index contributed by atoms with van der Waals surface area (Å²) in [7, 11) is 1.25. The molecule has 36 heavy (non-hydrogen) atoms. The summed E-state index contributed by atoms with van der Waals surface area (Å²) < 4.78 is 10.8. The molecular formula is C31H22N2O3. The molecule has 5 aromatic rings. The number of carbonyl (C=O) groups is 1. The Labute approximate surface area is 209 Å². The lowest BCUT2D eigenvalue weighted by Crippen LogP contribution is -2.09. The molecule has 0 saturated heterocycles. The quantitative estimate of drug-likeness (QED) is 0.145. The summed E-state index contributed by atoms with van der Waals surface area (Å²) in [6, 6.07) is 38.1. The first-order chi connectivity index (χ1) is 17.7. The summed E-state index contributed by atoms with van der Waals surface area (Å²) in [5.41, 5.74) is 5.41. The Morgan fingerprint density at radius 2 is 1.44 bits per heavy atom. The summed E-state index contributed by atoms with van der Waals surface area (Å²) in [6.07, 6.45) is 1.49. The van der Waals surface area contributed by atoms with Crippen molar-refractivity contribution in [2.45, 2.75) is 0 Å². The molecule has 0 spiro atoms. The van der Waals surface area contributed by atoms with E-state index < -0.39 is 5.97 Å². The number of nitrogens with zero attached hydrogens (tertiary/aromatic N) is 2. The SMILES string of the molecule is COC(=O)/C(C#N)=C/c1ccc2cc(-c3ccc(N(c4ccccc4)c4ccccc4)cc3)oc2c1. The van der Waals surface area contributed by atoms with Crippen molar-refractivity contribution >= 4 is 40.1 Å². The fourth-order valence-electron chi connectivity index (χ4n) is 4.07. The van der Waals surface area contributed by atoms with Crippen LogP contribution < -0.4 is 4.90 Å². The highest BCUT2D eigenvalue weighted by Crippen LogP contribution is 2.36. The molecule has 0 bridgehead atoms. The van der Waals surface area contributed by atoms with Gasteiger partial charge in [0.1, 0.15) is 23.0 Å². The highest BCUT2D eigenvalue weighted by atomic mass is 16.5. The summed E-state index contributed by atoms with van der Waals surface area (Å²) in [5, 5.41) is 10.1. The maximum atomic E-state index is 11.7. The number of hydrogen-bond donors (Lipinski definition) is 0. The molecule has 0 atom stereocenters. The lowest BCUT2D eigenvalue weighted by Gasteiger charge is -2.25. The number of hydrogen-bond acceptors (Lipinski definition) is 5. The molecule has 1 heterocycles. The summed E-state index contributed by atoms with van der Waals surface area (Å²) in [4.78, 5) is 13.9. The molecule has 0 N–H and O–H groups in total. The van der Waals surface area contributed by atoms with Gasteiger partial charge in [-0.3, -0.25) is 0 Å².